The molecule has 0 aliphatic rings. The number of aromatic nitrogens is 3. The van der Waals surface area contributed by atoms with E-state index < -0.39 is 0 Å². The van der Waals surface area contributed by atoms with Crippen molar-refractivity contribution in [3.8, 4) is 11.6 Å². The zero-order chi connectivity index (χ0) is 20.5. The maximum atomic E-state index is 13.2. The van der Waals surface area contributed by atoms with Gasteiger partial charge in [-0.25, -0.2) is 4.39 Å². The van der Waals surface area contributed by atoms with Crippen LogP contribution < -0.4 is 10.6 Å². The molecule has 2 N–H and O–H groups in total. The van der Waals surface area contributed by atoms with E-state index in [0.29, 0.717) is 36.9 Å². The van der Waals surface area contributed by atoms with Gasteiger partial charge in [-0.15, -0.1) is 24.0 Å². The van der Waals surface area contributed by atoms with Crippen molar-refractivity contribution >= 4 is 29.9 Å². The first-order valence-corrected chi connectivity index (χ1v) is 9.67. The van der Waals surface area contributed by atoms with Gasteiger partial charge in [-0.2, -0.15) is 4.98 Å². The van der Waals surface area contributed by atoms with Gasteiger partial charge in [0.25, 0.3) is 5.89 Å². The van der Waals surface area contributed by atoms with E-state index in [1.165, 1.54) is 6.07 Å². The Morgan fingerprint density at radius 3 is 2.77 bits per heavy atom. The van der Waals surface area contributed by atoms with Crippen LogP contribution in [0.3, 0.4) is 0 Å². The first kappa shape index (κ1) is 23.7. The fourth-order valence-corrected chi connectivity index (χ4v) is 2.81. The smallest absolute Gasteiger partial charge is 0.276 e. The third kappa shape index (κ3) is 7.05. The van der Waals surface area contributed by atoms with Crippen molar-refractivity contribution < 1.29 is 8.91 Å². The van der Waals surface area contributed by atoms with Gasteiger partial charge in [-0.1, -0.05) is 17.3 Å². The van der Waals surface area contributed by atoms with Crippen LogP contribution in [-0.4, -0.2) is 40.7 Å². The molecule has 3 rings (SSSR count). The molecular formula is C21H26FIN6O. The molecule has 0 unspecified atom stereocenters. The highest BCUT2D eigenvalue weighted by Crippen LogP contribution is 2.13. The van der Waals surface area contributed by atoms with Gasteiger partial charge < -0.3 is 15.2 Å². The van der Waals surface area contributed by atoms with E-state index in [1.54, 1.807) is 12.3 Å². The number of nitrogens with zero attached hydrogens (tertiary/aromatic N) is 4. The SMILES string of the molecule is CCNC(=NCCc1noc(-c2ccccn2)n1)NCCc1ccc(F)cc1C.I. The molecule has 160 valence electrons. The van der Waals surface area contributed by atoms with Crippen molar-refractivity contribution in [3.63, 3.8) is 0 Å². The molecule has 0 radical (unpaired) electrons. The van der Waals surface area contributed by atoms with Crippen LogP contribution in [0.5, 0.6) is 0 Å². The number of hydrogen-bond donors (Lipinski definition) is 2. The first-order chi connectivity index (χ1) is 14.2. The van der Waals surface area contributed by atoms with E-state index in [-0.39, 0.29) is 29.8 Å². The predicted molar refractivity (Wildman–Crippen MR) is 125 cm³/mol. The highest BCUT2D eigenvalue weighted by Gasteiger charge is 2.09. The Morgan fingerprint density at radius 1 is 1.17 bits per heavy atom. The highest BCUT2D eigenvalue weighted by atomic mass is 127. The largest absolute Gasteiger partial charge is 0.357 e. The average molecular weight is 524 g/mol. The van der Waals surface area contributed by atoms with Crippen molar-refractivity contribution in [1.82, 2.24) is 25.8 Å². The molecule has 7 nitrogen and oxygen atoms in total. The molecule has 0 spiro atoms. The van der Waals surface area contributed by atoms with E-state index >= 15 is 0 Å². The molecule has 0 fully saturated rings. The first-order valence-electron chi connectivity index (χ1n) is 9.67. The summed E-state index contributed by atoms with van der Waals surface area (Å²) in [5.74, 6) is 1.51. The van der Waals surface area contributed by atoms with Crippen LogP contribution in [0.1, 0.15) is 23.9 Å². The van der Waals surface area contributed by atoms with Gasteiger partial charge in [0.15, 0.2) is 11.8 Å². The van der Waals surface area contributed by atoms with Crippen LogP contribution in [0, 0.1) is 12.7 Å². The predicted octanol–water partition coefficient (Wildman–Crippen LogP) is 3.54. The molecule has 30 heavy (non-hydrogen) atoms. The summed E-state index contributed by atoms with van der Waals surface area (Å²) >= 11 is 0. The lowest BCUT2D eigenvalue weighted by Gasteiger charge is -2.12. The lowest BCUT2D eigenvalue weighted by atomic mass is 10.1. The fraction of sp³-hybridized carbons (Fsp3) is 0.333. The third-order valence-corrected chi connectivity index (χ3v) is 4.29. The summed E-state index contributed by atoms with van der Waals surface area (Å²) in [6.45, 7) is 5.91. The average Bonchev–Trinajstić information content (AvgIpc) is 3.19. The lowest BCUT2D eigenvalue weighted by Crippen LogP contribution is -2.38. The molecule has 1 aromatic carbocycles. The minimum absolute atomic E-state index is 0. The quantitative estimate of drug-likeness (QED) is 0.266. The summed E-state index contributed by atoms with van der Waals surface area (Å²) < 4.78 is 18.5. The van der Waals surface area contributed by atoms with E-state index in [2.05, 4.69) is 30.8 Å². The van der Waals surface area contributed by atoms with Crippen molar-refractivity contribution in [2.45, 2.75) is 26.7 Å². The zero-order valence-corrected chi connectivity index (χ0v) is 19.4. The lowest BCUT2D eigenvalue weighted by molar-refractivity contribution is 0.421. The van der Waals surface area contributed by atoms with Gasteiger partial charge in [-0.3, -0.25) is 9.98 Å². The summed E-state index contributed by atoms with van der Waals surface area (Å²) in [5, 5.41) is 10.5. The molecule has 0 amide bonds. The topological polar surface area (TPSA) is 88.2 Å². The van der Waals surface area contributed by atoms with Crippen LogP contribution in [0.4, 0.5) is 4.39 Å². The number of aliphatic imine (C=N–C) groups is 1. The van der Waals surface area contributed by atoms with Gasteiger partial charge in [-0.05, 0) is 55.7 Å². The van der Waals surface area contributed by atoms with Gasteiger partial charge in [0.2, 0.25) is 0 Å². The van der Waals surface area contributed by atoms with Crippen molar-refractivity contribution in [3.05, 3.63) is 65.4 Å². The highest BCUT2D eigenvalue weighted by molar-refractivity contribution is 14.0. The van der Waals surface area contributed by atoms with Crippen LogP contribution in [-0.2, 0) is 12.8 Å². The number of rotatable bonds is 8. The van der Waals surface area contributed by atoms with E-state index in [1.807, 2.05) is 38.1 Å². The zero-order valence-electron chi connectivity index (χ0n) is 17.1. The maximum absolute atomic E-state index is 13.2. The number of nitrogens with one attached hydrogen (secondary N) is 2. The molecule has 0 bridgehead atoms. The van der Waals surface area contributed by atoms with E-state index in [0.717, 1.165) is 30.1 Å². The summed E-state index contributed by atoms with van der Waals surface area (Å²) in [6, 6.07) is 10.4. The molecule has 2 heterocycles. The summed E-state index contributed by atoms with van der Waals surface area (Å²) in [7, 11) is 0. The number of guanidine groups is 1. The molecule has 0 aliphatic heterocycles. The standard InChI is InChI=1S/C21H25FN6O.HI/c1-3-23-21(25-12-9-16-7-8-17(22)14-15(16)2)26-13-10-19-27-20(29-28-19)18-6-4-5-11-24-18;/h4-8,11,14H,3,9-10,12-13H2,1-2H3,(H2,23,25,26);1H. The molecule has 0 atom stereocenters. The van der Waals surface area contributed by atoms with Crippen molar-refractivity contribution in [2.75, 3.05) is 19.6 Å². The van der Waals surface area contributed by atoms with Crippen LogP contribution >= 0.6 is 24.0 Å². The Hall–Kier alpha value is -2.56. The number of halogens is 2. The number of benzene rings is 1. The molecule has 2 aromatic heterocycles. The van der Waals surface area contributed by atoms with Crippen LogP contribution in [0.2, 0.25) is 0 Å². The Kier molecular flexibility index (Phi) is 9.65. The minimum atomic E-state index is -0.207. The van der Waals surface area contributed by atoms with Crippen LogP contribution in [0.15, 0.2) is 52.1 Å². The van der Waals surface area contributed by atoms with Crippen LogP contribution in [0.25, 0.3) is 11.6 Å². The van der Waals surface area contributed by atoms with Gasteiger partial charge in [0, 0.05) is 32.3 Å². The van der Waals surface area contributed by atoms with Gasteiger partial charge in [0.1, 0.15) is 11.5 Å². The Balaban J connectivity index is 0.00000320. The second kappa shape index (κ2) is 12.2. The Morgan fingerprint density at radius 2 is 2.03 bits per heavy atom. The molecule has 9 heteroatoms. The second-order valence-corrected chi connectivity index (χ2v) is 6.49. The van der Waals surface area contributed by atoms with Crippen molar-refractivity contribution in [2.24, 2.45) is 4.99 Å². The third-order valence-electron chi connectivity index (χ3n) is 4.29. The van der Waals surface area contributed by atoms with Gasteiger partial charge in [0.05, 0.1) is 0 Å². The van der Waals surface area contributed by atoms with Crippen molar-refractivity contribution in [1.29, 1.82) is 0 Å². The molecule has 3 aromatic rings. The molecule has 0 aliphatic carbocycles. The van der Waals surface area contributed by atoms with E-state index in [9.17, 15) is 4.39 Å². The van der Waals surface area contributed by atoms with E-state index in [4.69, 9.17) is 4.52 Å². The summed E-state index contributed by atoms with van der Waals surface area (Å²) in [5.41, 5.74) is 2.72. The molecular weight excluding hydrogens is 498 g/mol. The maximum Gasteiger partial charge on any atom is 0.276 e. The normalized spacial score (nSPS) is 11.1. The van der Waals surface area contributed by atoms with Gasteiger partial charge >= 0.3 is 0 Å². The summed E-state index contributed by atoms with van der Waals surface area (Å²) in [4.78, 5) is 13.1. The number of aryl methyl sites for hydroxylation is 1. The summed E-state index contributed by atoms with van der Waals surface area (Å²) in [6.07, 6.45) is 3.03. The second-order valence-electron chi connectivity index (χ2n) is 6.49. The number of hydrogen-bond acceptors (Lipinski definition) is 5. The monoisotopic (exact) mass is 524 g/mol. The fourth-order valence-electron chi connectivity index (χ4n) is 2.81. The molecule has 0 saturated heterocycles. The molecule has 0 saturated carbocycles. The minimum Gasteiger partial charge on any atom is -0.357 e. The Labute approximate surface area is 192 Å². The number of pyridine rings is 1. The Bertz CT molecular complexity index is 948.